The van der Waals surface area contributed by atoms with E-state index >= 15 is 0 Å². The van der Waals surface area contributed by atoms with Crippen LogP contribution >= 0.6 is 0 Å². The highest BCUT2D eigenvalue weighted by Crippen LogP contribution is 2.25. The van der Waals surface area contributed by atoms with Crippen LogP contribution in [0.15, 0.2) is 30.5 Å². The van der Waals surface area contributed by atoms with Crippen LogP contribution in [0.5, 0.6) is 0 Å². The Labute approximate surface area is 86.8 Å². The highest BCUT2D eigenvalue weighted by Gasteiger charge is 2.08. The summed E-state index contributed by atoms with van der Waals surface area (Å²) in [7, 11) is 0. The third-order valence-electron chi connectivity index (χ3n) is 2.10. The van der Waals surface area contributed by atoms with Crippen LogP contribution in [0.1, 0.15) is 5.82 Å². The van der Waals surface area contributed by atoms with E-state index in [-0.39, 0.29) is 5.82 Å². The van der Waals surface area contributed by atoms with Gasteiger partial charge < -0.3 is 5.73 Å². The number of nitrogen functional groups attached to an aromatic ring is 1. The molecule has 0 aliphatic heterocycles. The minimum atomic E-state index is -0.323. The molecule has 0 atom stereocenters. The SMILES string of the molecule is Cc1ncc(-c2ccccc2F)c(N)n1. The van der Waals surface area contributed by atoms with Crippen molar-refractivity contribution >= 4 is 5.82 Å². The molecule has 76 valence electrons. The van der Waals surface area contributed by atoms with Gasteiger partial charge in [-0.15, -0.1) is 0 Å². The van der Waals surface area contributed by atoms with Crippen molar-refractivity contribution in [3.05, 3.63) is 42.1 Å². The Morgan fingerprint density at radius 2 is 1.93 bits per heavy atom. The average molecular weight is 203 g/mol. The molecule has 3 nitrogen and oxygen atoms in total. The molecule has 0 bridgehead atoms. The zero-order valence-electron chi connectivity index (χ0n) is 8.24. The quantitative estimate of drug-likeness (QED) is 0.772. The van der Waals surface area contributed by atoms with E-state index in [0.29, 0.717) is 22.8 Å². The van der Waals surface area contributed by atoms with E-state index in [0.717, 1.165) is 0 Å². The lowest BCUT2D eigenvalue weighted by Crippen LogP contribution is -1.99. The van der Waals surface area contributed by atoms with E-state index in [1.807, 2.05) is 0 Å². The number of aromatic nitrogens is 2. The van der Waals surface area contributed by atoms with Gasteiger partial charge in [-0.1, -0.05) is 18.2 Å². The van der Waals surface area contributed by atoms with Crippen molar-refractivity contribution in [2.45, 2.75) is 6.92 Å². The van der Waals surface area contributed by atoms with E-state index < -0.39 is 0 Å². The summed E-state index contributed by atoms with van der Waals surface area (Å²) in [6, 6.07) is 6.41. The largest absolute Gasteiger partial charge is 0.383 e. The van der Waals surface area contributed by atoms with Gasteiger partial charge in [-0.3, -0.25) is 0 Å². The third kappa shape index (κ3) is 1.79. The van der Waals surface area contributed by atoms with Crippen LogP contribution in [-0.2, 0) is 0 Å². The molecule has 0 saturated heterocycles. The van der Waals surface area contributed by atoms with Gasteiger partial charge >= 0.3 is 0 Å². The molecule has 1 heterocycles. The number of nitrogens with two attached hydrogens (primary N) is 1. The predicted molar refractivity (Wildman–Crippen MR) is 56.6 cm³/mol. The Bertz CT molecular complexity index is 497. The van der Waals surface area contributed by atoms with Gasteiger partial charge in [-0.2, -0.15) is 0 Å². The molecule has 2 rings (SSSR count). The first-order valence-electron chi connectivity index (χ1n) is 4.52. The van der Waals surface area contributed by atoms with Gasteiger partial charge in [0.25, 0.3) is 0 Å². The number of rotatable bonds is 1. The molecule has 1 aromatic heterocycles. The number of hydrogen-bond acceptors (Lipinski definition) is 3. The van der Waals surface area contributed by atoms with Crippen LogP contribution in [0, 0.1) is 12.7 Å². The molecule has 0 saturated carbocycles. The Kier molecular flexibility index (Phi) is 2.33. The van der Waals surface area contributed by atoms with E-state index in [1.165, 1.54) is 12.3 Å². The van der Waals surface area contributed by atoms with E-state index in [4.69, 9.17) is 5.73 Å². The van der Waals surface area contributed by atoms with Crippen molar-refractivity contribution in [1.29, 1.82) is 0 Å². The van der Waals surface area contributed by atoms with Crippen molar-refractivity contribution in [2.75, 3.05) is 5.73 Å². The van der Waals surface area contributed by atoms with Crippen molar-refractivity contribution in [1.82, 2.24) is 9.97 Å². The maximum atomic E-state index is 13.4. The van der Waals surface area contributed by atoms with Crippen LogP contribution in [0.4, 0.5) is 10.2 Å². The summed E-state index contributed by atoms with van der Waals surface area (Å²) in [5, 5.41) is 0. The molecule has 0 aliphatic carbocycles. The number of halogens is 1. The fourth-order valence-electron chi connectivity index (χ4n) is 1.37. The fraction of sp³-hybridized carbons (Fsp3) is 0.0909. The zero-order chi connectivity index (χ0) is 10.8. The van der Waals surface area contributed by atoms with Crippen LogP contribution < -0.4 is 5.73 Å². The molecule has 0 unspecified atom stereocenters. The molecule has 0 spiro atoms. The third-order valence-corrected chi connectivity index (χ3v) is 2.10. The second-order valence-corrected chi connectivity index (χ2v) is 3.20. The van der Waals surface area contributed by atoms with Gasteiger partial charge in [0.2, 0.25) is 0 Å². The molecule has 2 N–H and O–H groups in total. The van der Waals surface area contributed by atoms with Gasteiger partial charge in [0.05, 0.1) is 0 Å². The topological polar surface area (TPSA) is 51.8 Å². The molecule has 0 amide bonds. The number of benzene rings is 1. The summed E-state index contributed by atoms with van der Waals surface area (Å²) in [6.07, 6.45) is 1.54. The lowest BCUT2D eigenvalue weighted by molar-refractivity contribution is 0.631. The first kappa shape index (κ1) is 9.58. The Balaban J connectivity index is 2.60. The predicted octanol–water partition coefficient (Wildman–Crippen LogP) is 2.17. The Morgan fingerprint density at radius 1 is 1.20 bits per heavy atom. The van der Waals surface area contributed by atoms with Crippen molar-refractivity contribution in [3.8, 4) is 11.1 Å². The van der Waals surface area contributed by atoms with E-state index in [9.17, 15) is 4.39 Å². The lowest BCUT2D eigenvalue weighted by atomic mass is 10.1. The maximum absolute atomic E-state index is 13.4. The summed E-state index contributed by atoms with van der Waals surface area (Å²) < 4.78 is 13.4. The standard InChI is InChI=1S/C11H10FN3/c1-7-14-6-9(11(13)15-7)8-4-2-3-5-10(8)12/h2-6H,1H3,(H2,13,14,15). The van der Waals surface area contributed by atoms with Gasteiger partial charge in [0, 0.05) is 17.3 Å². The molecule has 1 aromatic carbocycles. The van der Waals surface area contributed by atoms with Gasteiger partial charge in [0.1, 0.15) is 17.5 Å². The summed E-state index contributed by atoms with van der Waals surface area (Å²) in [5.74, 6) is 0.553. The second-order valence-electron chi connectivity index (χ2n) is 3.20. The number of nitrogens with zero attached hydrogens (tertiary/aromatic N) is 2. The van der Waals surface area contributed by atoms with Crippen LogP contribution in [-0.4, -0.2) is 9.97 Å². The summed E-state index contributed by atoms with van der Waals surface area (Å²) in [4.78, 5) is 7.99. The molecular weight excluding hydrogens is 193 g/mol. The van der Waals surface area contributed by atoms with Gasteiger partial charge in [-0.25, -0.2) is 14.4 Å². The van der Waals surface area contributed by atoms with Crippen molar-refractivity contribution in [2.24, 2.45) is 0 Å². The fourth-order valence-corrected chi connectivity index (χ4v) is 1.37. The van der Waals surface area contributed by atoms with Crippen molar-refractivity contribution < 1.29 is 4.39 Å². The number of anilines is 1. The number of aryl methyl sites for hydroxylation is 1. The maximum Gasteiger partial charge on any atom is 0.135 e. The Morgan fingerprint density at radius 3 is 2.60 bits per heavy atom. The molecule has 0 fully saturated rings. The van der Waals surface area contributed by atoms with Crippen molar-refractivity contribution in [3.63, 3.8) is 0 Å². The summed E-state index contributed by atoms with van der Waals surface area (Å²) >= 11 is 0. The first-order chi connectivity index (χ1) is 7.18. The average Bonchev–Trinajstić information content (AvgIpc) is 2.20. The Hall–Kier alpha value is -1.97. The van der Waals surface area contributed by atoms with Crippen LogP contribution in [0.25, 0.3) is 11.1 Å². The molecule has 4 heteroatoms. The first-order valence-corrected chi connectivity index (χ1v) is 4.52. The highest BCUT2D eigenvalue weighted by molar-refractivity contribution is 5.73. The molecule has 15 heavy (non-hydrogen) atoms. The minimum absolute atomic E-state index is 0.299. The number of hydrogen-bond donors (Lipinski definition) is 1. The zero-order valence-corrected chi connectivity index (χ0v) is 8.24. The lowest BCUT2D eigenvalue weighted by Gasteiger charge is -2.05. The van der Waals surface area contributed by atoms with Crippen LogP contribution in [0.2, 0.25) is 0 Å². The monoisotopic (exact) mass is 203 g/mol. The molecule has 0 aliphatic rings. The van der Waals surface area contributed by atoms with Crippen LogP contribution in [0.3, 0.4) is 0 Å². The highest BCUT2D eigenvalue weighted by atomic mass is 19.1. The molecular formula is C11H10FN3. The van der Waals surface area contributed by atoms with Gasteiger partial charge in [0.15, 0.2) is 0 Å². The van der Waals surface area contributed by atoms with E-state index in [2.05, 4.69) is 9.97 Å². The summed E-state index contributed by atoms with van der Waals surface area (Å²) in [5.41, 5.74) is 6.66. The van der Waals surface area contributed by atoms with Gasteiger partial charge in [-0.05, 0) is 13.0 Å². The normalized spacial score (nSPS) is 10.3. The minimum Gasteiger partial charge on any atom is -0.383 e. The smallest absolute Gasteiger partial charge is 0.135 e. The van der Waals surface area contributed by atoms with E-state index in [1.54, 1.807) is 25.1 Å². The second kappa shape index (κ2) is 3.65. The molecule has 2 aromatic rings. The molecule has 0 radical (unpaired) electrons. The summed E-state index contributed by atoms with van der Waals surface area (Å²) in [6.45, 7) is 1.74.